The number of rotatable bonds is 5. The minimum atomic E-state index is -1.08. The Balaban J connectivity index is 1.75. The maximum absolute atomic E-state index is 12.3. The van der Waals surface area contributed by atoms with Crippen LogP contribution in [0.1, 0.15) is 10.4 Å². The Morgan fingerprint density at radius 3 is 2.33 bits per heavy atom. The molecule has 1 saturated heterocycles. The van der Waals surface area contributed by atoms with Crippen molar-refractivity contribution in [3.05, 3.63) is 66.2 Å². The Hall–Kier alpha value is -1.86. The smallest absolute Gasteiger partial charge is 0.338 e. The van der Waals surface area contributed by atoms with E-state index in [-0.39, 0.29) is 6.61 Å². The molecular formula is C18H18O5S. The van der Waals surface area contributed by atoms with Gasteiger partial charge in [0.05, 0.1) is 12.2 Å². The average molecular weight is 346 g/mol. The van der Waals surface area contributed by atoms with Crippen LogP contribution in [0, 0.1) is 0 Å². The molecule has 0 bridgehead atoms. The van der Waals surface area contributed by atoms with Gasteiger partial charge in [-0.25, -0.2) is 4.79 Å². The van der Waals surface area contributed by atoms with Gasteiger partial charge in [0, 0.05) is 4.90 Å². The molecule has 0 aliphatic carbocycles. The molecule has 126 valence electrons. The summed E-state index contributed by atoms with van der Waals surface area (Å²) in [7, 11) is 0. The van der Waals surface area contributed by atoms with Gasteiger partial charge >= 0.3 is 5.97 Å². The topological polar surface area (TPSA) is 76.0 Å². The largest absolute Gasteiger partial charge is 0.452 e. The quantitative estimate of drug-likeness (QED) is 0.808. The molecule has 0 saturated carbocycles. The van der Waals surface area contributed by atoms with Gasteiger partial charge in [-0.05, 0) is 24.3 Å². The third kappa shape index (κ3) is 3.79. The van der Waals surface area contributed by atoms with E-state index in [4.69, 9.17) is 9.47 Å². The molecule has 0 radical (unpaired) electrons. The van der Waals surface area contributed by atoms with Gasteiger partial charge in [0.15, 0.2) is 6.10 Å². The van der Waals surface area contributed by atoms with E-state index in [9.17, 15) is 15.0 Å². The lowest BCUT2D eigenvalue weighted by molar-refractivity contribution is -0.0174. The first-order valence-corrected chi connectivity index (χ1v) is 8.49. The number of benzene rings is 2. The Kier molecular flexibility index (Phi) is 5.52. The molecule has 2 aromatic rings. The van der Waals surface area contributed by atoms with Crippen molar-refractivity contribution in [2.45, 2.75) is 28.6 Å². The van der Waals surface area contributed by atoms with Crippen LogP contribution >= 0.6 is 11.8 Å². The maximum Gasteiger partial charge on any atom is 0.338 e. The van der Waals surface area contributed by atoms with E-state index >= 15 is 0 Å². The summed E-state index contributed by atoms with van der Waals surface area (Å²) >= 11 is 1.35. The molecule has 1 heterocycles. The second-order valence-electron chi connectivity index (χ2n) is 5.38. The normalized spacial score (nSPS) is 26.2. The minimum Gasteiger partial charge on any atom is -0.452 e. The van der Waals surface area contributed by atoms with Gasteiger partial charge in [0.2, 0.25) is 0 Å². The summed E-state index contributed by atoms with van der Waals surface area (Å²) in [5, 5.41) is 19.7. The van der Waals surface area contributed by atoms with Crippen LogP contribution in [0.4, 0.5) is 0 Å². The molecule has 0 unspecified atom stereocenters. The zero-order valence-electron chi connectivity index (χ0n) is 12.8. The molecule has 0 aromatic heterocycles. The van der Waals surface area contributed by atoms with Crippen LogP contribution in [-0.2, 0) is 9.47 Å². The first-order valence-electron chi connectivity index (χ1n) is 7.61. The lowest BCUT2D eigenvalue weighted by Crippen LogP contribution is -2.37. The molecule has 24 heavy (non-hydrogen) atoms. The van der Waals surface area contributed by atoms with Gasteiger partial charge < -0.3 is 19.7 Å². The molecule has 0 spiro atoms. The molecular weight excluding hydrogens is 328 g/mol. The van der Waals surface area contributed by atoms with E-state index in [2.05, 4.69) is 0 Å². The fraction of sp³-hybridized carbons (Fsp3) is 0.278. The van der Waals surface area contributed by atoms with Gasteiger partial charge in [-0.2, -0.15) is 0 Å². The number of hydrogen-bond acceptors (Lipinski definition) is 6. The molecule has 4 atom stereocenters. The van der Waals surface area contributed by atoms with Gasteiger partial charge in [-0.15, -0.1) is 0 Å². The predicted octanol–water partition coefficient (Wildman–Crippen LogP) is 2.08. The van der Waals surface area contributed by atoms with Crippen LogP contribution in [0.25, 0.3) is 0 Å². The van der Waals surface area contributed by atoms with Crippen molar-refractivity contribution in [2.24, 2.45) is 0 Å². The number of aliphatic hydroxyl groups is 2. The first kappa shape index (κ1) is 17.0. The highest BCUT2D eigenvalue weighted by atomic mass is 32.2. The van der Waals surface area contributed by atoms with Crippen LogP contribution in [0.3, 0.4) is 0 Å². The standard InChI is InChI=1S/C18H18O5S/c19-11-14-15(20)16(23-17(21)12-7-3-1-4-8-12)18(22-14)24-13-9-5-2-6-10-13/h1-10,14-16,18-20H,11H2/t14-,15-,16+,18-/m0/s1. The van der Waals surface area contributed by atoms with E-state index in [0.717, 1.165) is 4.90 Å². The van der Waals surface area contributed by atoms with Crippen molar-refractivity contribution >= 4 is 17.7 Å². The van der Waals surface area contributed by atoms with Gasteiger partial charge in [-0.3, -0.25) is 0 Å². The van der Waals surface area contributed by atoms with Crippen molar-refractivity contribution in [3.63, 3.8) is 0 Å². The van der Waals surface area contributed by atoms with Crippen LogP contribution in [0.2, 0.25) is 0 Å². The lowest BCUT2D eigenvalue weighted by atomic mass is 10.1. The van der Waals surface area contributed by atoms with E-state index in [1.54, 1.807) is 30.3 Å². The molecule has 3 rings (SSSR count). The van der Waals surface area contributed by atoms with Crippen molar-refractivity contribution < 1.29 is 24.5 Å². The summed E-state index contributed by atoms with van der Waals surface area (Å²) < 4.78 is 11.1. The second-order valence-corrected chi connectivity index (χ2v) is 6.55. The second kappa shape index (κ2) is 7.81. The molecule has 1 aliphatic heterocycles. The Labute approximate surface area is 144 Å². The lowest BCUT2D eigenvalue weighted by Gasteiger charge is -2.20. The number of carbonyl (C=O) groups is 1. The third-order valence-electron chi connectivity index (χ3n) is 3.72. The summed E-state index contributed by atoms with van der Waals surface area (Å²) in [6.07, 6.45) is -2.72. The van der Waals surface area contributed by atoms with Gasteiger partial charge in [0.1, 0.15) is 17.6 Å². The Morgan fingerprint density at radius 2 is 1.71 bits per heavy atom. The van der Waals surface area contributed by atoms with Crippen LogP contribution in [0.15, 0.2) is 65.6 Å². The number of hydrogen-bond donors (Lipinski definition) is 2. The van der Waals surface area contributed by atoms with Crippen molar-refractivity contribution in [1.29, 1.82) is 0 Å². The van der Waals surface area contributed by atoms with E-state index in [1.807, 2.05) is 30.3 Å². The summed E-state index contributed by atoms with van der Waals surface area (Å²) in [4.78, 5) is 13.2. The summed E-state index contributed by atoms with van der Waals surface area (Å²) in [5.74, 6) is -0.527. The molecule has 5 nitrogen and oxygen atoms in total. The molecule has 0 amide bonds. The predicted molar refractivity (Wildman–Crippen MR) is 89.7 cm³/mol. The van der Waals surface area contributed by atoms with Crippen molar-refractivity contribution in [1.82, 2.24) is 0 Å². The summed E-state index contributed by atoms with van der Waals surface area (Å²) in [6.45, 7) is -0.341. The number of ether oxygens (including phenoxy) is 2. The molecule has 1 fully saturated rings. The average Bonchev–Trinajstić information content (AvgIpc) is 2.92. The summed E-state index contributed by atoms with van der Waals surface area (Å²) in [5.41, 5.74) is -0.187. The third-order valence-corrected chi connectivity index (χ3v) is 4.88. The number of esters is 1. The number of carbonyl (C=O) groups excluding carboxylic acids is 1. The van der Waals surface area contributed by atoms with Gasteiger partial charge in [-0.1, -0.05) is 48.2 Å². The monoisotopic (exact) mass is 346 g/mol. The fourth-order valence-corrected chi connectivity index (χ4v) is 3.60. The van der Waals surface area contributed by atoms with Crippen LogP contribution in [-0.4, -0.2) is 46.5 Å². The van der Waals surface area contributed by atoms with E-state index in [0.29, 0.717) is 5.56 Å². The van der Waals surface area contributed by atoms with E-state index < -0.39 is 29.7 Å². The zero-order valence-corrected chi connectivity index (χ0v) is 13.6. The highest BCUT2D eigenvalue weighted by Crippen LogP contribution is 2.36. The number of aliphatic hydroxyl groups excluding tert-OH is 2. The van der Waals surface area contributed by atoms with Gasteiger partial charge in [0.25, 0.3) is 0 Å². The molecule has 2 N–H and O–H groups in total. The minimum absolute atomic E-state index is 0.341. The Bertz CT molecular complexity index is 664. The van der Waals surface area contributed by atoms with E-state index in [1.165, 1.54) is 11.8 Å². The van der Waals surface area contributed by atoms with Crippen LogP contribution in [0.5, 0.6) is 0 Å². The van der Waals surface area contributed by atoms with Crippen molar-refractivity contribution in [3.8, 4) is 0 Å². The zero-order chi connectivity index (χ0) is 16.9. The molecule has 6 heteroatoms. The van der Waals surface area contributed by atoms with Crippen LogP contribution < -0.4 is 0 Å². The Morgan fingerprint density at radius 1 is 1.08 bits per heavy atom. The molecule has 1 aliphatic rings. The first-order chi connectivity index (χ1) is 11.7. The highest BCUT2D eigenvalue weighted by molar-refractivity contribution is 7.99. The highest BCUT2D eigenvalue weighted by Gasteiger charge is 2.46. The maximum atomic E-state index is 12.3. The number of thioether (sulfide) groups is 1. The summed E-state index contributed by atoms with van der Waals surface area (Å²) in [6, 6.07) is 18.1. The van der Waals surface area contributed by atoms with Crippen molar-refractivity contribution in [2.75, 3.05) is 6.61 Å². The fourth-order valence-electron chi connectivity index (χ4n) is 2.47. The molecule has 2 aromatic carbocycles. The SMILES string of the molecule is O=C(O[C@@H]1[C@@H](O)[C@H](CO)O[C@H]1Sc1ccccc1)c1ccccc1.